The Morgan fingerprint density at radius 2 is 1.79 bits per heavy atom. The topological polar surface area (TPSA) is 74.5 Å². The van der Waals surface area contributed by atoms with E-state index in [0.717, 1.165) is 27.8 Å². The Morgan fingerprint density at radius 1 is 1.00 bits per heavy atom. The van der Waals surface area contributed by atoms with Crippen molar-refractivity contribution in [1.29, 1.82) is 0 Å². The van der Waals surface area contributed by atoms with Gasteiger partial charge in [-0.2, -0.15) is 0 Å². The third kappa shape index (κ3) is 3.38. The Kier molecular flexibility index (Phi) is 4.85. The minimum absolute atomic E-state index is 0.0523. The summed E-state index contributed by atoms with van der Waals surface area (Å²) in [4.78, 5) is 12.7. The van der Waals surface area contributed by atoms with E-state index in [-0.39, 0.29) is 18.3 Å². The van der Waals surface area contributed by atoms with Gasteiger partial charge in [0.1, 0.15) is 0 Å². The summed E-state index contributed by atoms with van der Waals surface area (Å²) in [6.45, 7) is 8.36. The highest BCUT2D eigenvalue weighted by Crippen LogP contribution is 2.36. The van der Waals surface area contributed by atoms with Gasteiger partial charge in [-0.15, -0.1) is 10.2 Å². The van der Waals surface area contributed by atoms with Gasteiger partial charge < -0.3 is 13.9 Å². The van der Waals surface area contributed by atoms with E-state index in [1.807, 2.05) is 32.0 Å². The van der Waals surface area contributed by atoms with Crippen LogP contribution in [0.2, 0.25) is 0 Å². The van der Waals surface area contributed by atoms with Crippen molar-refractivity contribution in [3.05, 3.63) is 52.1 Å². The number of ketones is 1. The third-order valence-corrected chi connectivity index (χ3v) is 5.95. The van der Waals surface area contributed by atoms with Gasteiger partial charge in [-0.3, -0.25) is 4.79 Å². The molecule has 144 valence electrons. The van der Waals surface area contributed by atoms with Crippen LogP contribution in [0.4, 0.5) is 0 Å². The summed E-state index contributed by atoms with van der Waals surface area (Å²) in [6.07, 6.45) is 0. The molecule has 1 aliphatic heterocycles. The summed E-state index contributed by atoms with van der Waals surface area (Å²) in [7, 11) is 0. The number of hydrogen-bond acceptors (Lipinski definition) is 7. The molecule has 0 radical (unpaired) electrons. The molecule has 6 nitrogen and oxygen atoms in total. The molecule has 2 aromatic carbocycles. The number of fused-ring (bicyclic) bond motifs is 1. The van der Waals surface area contributed by atoms with Gasteiger partial charge in [0, 0.05) is 11.1 Å². The van der Waals surface area contributed by atoms with E-state index in [9.17, 15) is 4.79 Å². The van der Waals surface area contributed by atoms with Crippen molar-refractivity contribution in [3.63, 3.8) is 0 Å². The van der Waals surface area contributed by atoms with Gasteiger partial charge in [0.05, 0.1) is 5.75 Å². The monoisotopic (exact) mass is 396 g/mol. The number of rotatable bonds is 5. The molecule has 0 aliphatic carbocycles. The fraction of sp³-hybridized carbons (Fsp3) is 0.286. The minimum atomic E-state index is 0.0523. The van der Waals surface area contributed by atoms with E-state index in [4.69, 9.17) is 13.9 Å². The van der Waals surface area contributed by atoms with Gasteiger partial charge in [-0.05, 0) is 74.2 Å². The fourth-order valence-electron chi connectivity index (χ4n) is 3.12. The van der Waals surface area contributed by atoms with Crippen LogP contribution in [0.3, 0.4) is 0 Å². The van der Waals surface area contributed by atoms with Crippen molar-refractivity contribution in [2.45, 2.75) is 32.9 Å². The molecule has 0 atom stereocenters. The SMILES string of the molecule is Cc1cc(C(=O)CSc2nnc(-c3ccc4c(c3)OCO4)o2)c(C)c(C)c1C. The molecule has 0 bridgehead atoms. The van der Waals surface area contributed by atoms with Gasteiger partial charge in [0.25, 0.3) is 5.22 Å². The number of Topliss-reactive ketones (excluding diaryl/α,β-unsaturated/α-hetero) is 1. The quantitative estimate of drug-likeness (QED) is 0.458. The van der Waals surface area contributed by atoms with E-state index in [0.29, 0.717) is 22.6 Å². The minimum Gasteiger partial charge on any atom is -0.454 e. The van der Waals surface area contributed by atoms with Gasteiger partial charge in [-0.1, -0.05) is 11.8 Å². The Bertz CT molecular complexity index is 1070. The lowest BCUT2D eigenvalue weighted by molar-refractivity contribution is 0.102. The van der Waals surface area contributed by atoms with Crippen molar-refractivity contribution in [2.24, 2.45) is 0 Å². The molecule has 0 fully saturated rings. The Hall–Kier alpha value is -2.80. The molecular weight excluding hydrogens is 376 g/mol. The van der Waals surface area contributed by atoms with Gasteiger partial charge in [-0.25, -0.2) is 0 Å². The molecule has 2 heterocycles. The zero-order valence-corrected chi connectivity index (χ0v) is 17.0. The molecule has 3 aromatic rings. The second-order valence-electron chi connectivity index (χ2n) is 6.77. The molecular formula is C21H20N2O4S. The van der Waals surface area contributed by atoms with E-state index in [1.54, 1.807) is 6.07 Å². The highest BCUT2D eigenvalue weighted by molar-refractivity contribution is 7.99. The number of carbonyl (C=O) groups is 1. The average molecular weight is 396 g/mol. The summed E-state index contributed by atoms with van der Waals surface area (Å²) in [5.41, 5.74) is 6.04. The van der Waals surface area contributed by atoms with Crippen LogP contribution in [0.25, 0.3) is 11.5 Å². The van der Waals surface area contributed by atoms with Crippen LogP contribution < -0.4 is 9.47 Å². The average Bonchev–Trinajstić information content (AvgIpc) is 3.35. The van der Waals surface area contributed by atoms with Crippen molar-refractivity contribution in [2.75, 3.05) is 12.5 Å². The number of thioether (sulfide) groups is 1. The van der Waals surface area contributed by atoms with E-state index < -0.39 is 0 Å². The number of ether oxygens (including phenoxy) is 2. The van der Waals surface area contributed by atoms with Crippen LogP contribution in [0.1, 0.15) is 32.6 Å². The number of carbonyl (C=O) groups excluding carboxylic acids is 1. The van der Waals surface area contributed by atoms with Crippen LogP contribution in [-0.4, -0.2) is 28.5 Å². The molecule has 1 aromatic heterocycles. The molecule has 0 N–H and O–H groups in total. The molecule has 0 saturated heterocycles. The van der Waals surface area contributed by atoms with Crippen molar-refractivity contribution in [3.8, 4) is 23.0 Å². The van der Waals surface area contributed by atoms with Crippen molar-refractivity contribution in [1.82, 2.24) is 10.2 Å². The normalized spacial score (nSPS) is 12.4. The summed E-state index contributed by atoms with van der Waals surface area (Å²) in [6, 6.07) is 7.41. The lowest BCUT2D eigenvalue weighted by atomic mass is 9.93. The molecule has 0 spiro atoms. The maximum atomic E-state index is 12.7. The predicted octanol–water partition coefficient (Wildman–Crippen LogP) is 4.67. The molecule has 0 saturated carbocycles. The maximum absolute atomic E-state index is 12.7. The lowest BCUT2D eigenvalue weighted by Crippen LogP contribution is -2.08. The first kappa shape index (κ1) is 18.6. The standard InChI is InChI=1S/C21H20N2O4S/c1-11-7-16(14(4)13(3)12(11)2)17(24)9-28-21-23-22-20(27-21)15-5-6-18-19(8-15)26-10-25-18/h5-8H,9-10H2,1-4H3. The van der Waals surface area contributed by atoms with Crippen LogP contribution in [0, 0.1) is 27.7 Å². The van der Waals surface area contributed by atoms with Crippen molar-refractivity contribution < 1.29 is 18.7 Å². The summed E-state index contributed by atoms with van der Waals surface area (Å²) in [5, 5.41) is 8.48. The Morgan fingerprint density at radius 3 is 2.61 bits per heavy atom. The Balaban J connectivity index is 1.47. The number of aryl methyl sites for hydroxylation is 1. The van der Waals surface area contributed by atoms with Crippen molar-refractivity contribution >= 4 is 17.5 Å². The second kappa shape index (κ2) is 7.31. The maximum Gasteiger partial charge on any atom is 0.277 e. The highest BCUT2D eigenvalue weighted by Gasteiger charge is 2.18. The first-order valence-electron chi connectivity index (χ1n) is 8.91. The Labute approximate surface area is 167 Å². The predicted molar refractivity (Wildman–Crippen MR) is 106 cm³/mol. The molecule has 0 unspecified atom stereocenters. The van der Waals surface area contributed by atoms with Crippen LogP contribution in [-0.2, 0) is 0 Å². The highest BCUT2D eigenvalue weighted by atomic mass is 32.2. The van der Waals surface area contributed by atoms with Gasteiger partial charge in [0.2, 0.25) is 12.7 Å². The summed E-state index contributed by atoms with van der Waals surface area (Å²) >= 11 is 1.24. The zero-order valence-electron chi connectivity index (χ0n) is 16.2. The number of benzene rings is 2. The number of nitrogens with zero attached hydrogens (tertiary/aromatic N) is 2. The largest absolute Gasteiger partial charge is 0.454 e. The third-order valence-electron chi connectivity index (χ3n) is 5.13. The summed E-state index contributed by atoms with van der Waals surface area (Å²) in [5.74, 6) is 2.03. The van der Waals surface area contributed by atoms with Crippen LogP contribution >= 0.6 is 11.8 Å². The van der Waals surface area contributed by atoms with E-state index in [1.165, 1.54) is 17.3 Å². The molecule has 28 heavy (non-hydrogen) atoms. The fourth-order valence-corrected chi connectivity index (χ4v) is 3.77. The molecule has 7 heteroatoms. The van der Waals surface area contributed by atoms with Gasteiger partial charge >= 0.3 is 0 Å². The summed E-state index contributed by atoms with van der Waals surface area (Å²) < 4.78 is 16.4. The molecule has 1 aliphatic rings. The van der Waals surface area contributed by atoms with E-state index >= 15 is 0 Å². The smallest absolute Gasteiger partial charge is 0.277 e. The second-order valence-corrected chi connectivity index (χ2v) is 7.70. The molecule has 4 rings (SSSR count). The first-order chi connectivity index (χ1) is 13.4. The number of aromatic nitrogens is 2. The molecule has 0 amide bonds. The number of hydrogen-bond donors (Lipinski definition) is 0. The van der Waals surface area contributed by atoms with Crippen LogP contribution in [0.15, 0.2) is 33.9 Å². The van der Waals surface area contributed by atoms with Gasteiger partial charge in [0.15, 0.2) is 17.3 Å². The zero-order chi connectivity index (χ0) is 19.8. The first-order valence-corrected chi connectivity index (χ1v) is 9.89. The van der Waals surface area contributed by atoms with Crippen LogP contribution in [0.5, 0.6) is 11.5 Å². The lowest BCUT2D eigenvalue weighted by Gasteiger charge is -2.13. The van der Waals surface area contributed by atoms with E-state index in [2.05, 4.69) is 24.0 Å².